The first-order valence-corrected chi connectivity index (χ1v) is 7.86. The minimum Gasteiger partial charge on any atom is -0.370 e. The van der Waals surface area contributed by atoms with E-state index in [9.17, 15) is 0 Å². The normalized spacial score (nSPS) is 10.7. The molecular weight excluding hydrogens is 282 g/mol. The van der Waals surface area contributed by atoms with Gasteiger partial charge in [0, 0.05) is 29.2 Å². The van der Waals surface area contributed by atoms with Gasteiger partial charge in [-0.15, -0.1) is 0 Å². The number of halogens is 1. The number of benzene rings is 1. The van der Waals surface area contributed by atoms with Crippen molar-refractivity contribution in [1.29, 1.82) is 0 Å². The molecule has 0 saturated heterocycles. The average molecular weight is 304 g/mol. The van der Waals surface area contributed by atoms with E-state index < -0.39 is 0 Å². The summed E-state index contributed by atoms with van der Waals surface area (Å²) in [6.07, 6.45) is 2.70. The lowest BCUT2D eigenvalue weighted by Gasteiger charge is -2.13. The van der Waals surface area contributed by atoms with Crippen molar-refractivity contribution in [3.8, 4) is 0 Å². The minimum atomic E-state index is 0.703. The number of hydrogen-bond donors (Lipinski definition) is 1. The van der Waals surface area contributed by atoms with Crippen molar-refractivity contribution in [2.45, 2.75) is 40.0 Å². The summed E-state index contributed by atoms with van der Waals surface area (Å²) in [5.74, 6) is 1.80. The molecule has 1 aromatic heterocycles. The van der Waals surface area contributed by atoms with Crippen LogP contribution in [0.5, 0.6) is 0 Å². The van der Waals surface area contributed by atoms with Gasteiger partial charge in [0.15, 0.2) is 0 Å². The van der Waals surface area contributed by atoms with E-state index in [1.807, 2.05) is 18.2 Å². The zero-order chi connectivity index (χ0) is 15.2. The molecule has 4 heteroatoms. The van der Waals surface area contributed by atoms with Gasteiger partial charge in [-0.25, -0.2) is 9.97 Å². The quantitative estimate of drug-likeness (QED) is 0.858. The van der Waals surface area contributed by atoms with Crippen molar-refractivity contribution in [1.82, 2.24) is 9.97 Å². The highest BCUT2D eigenvalue weighted by atomic mass is 35.5. The Morgan fingerprint density at radius 1 is 1.19 bits per heavy atom. The molecule has 0 aliphatic carbocycles. The molecule has 0 spiro atoms. The fourth-order valence-electron chi connectivity index (χ4n) is 2.28. The molecule has 0 radical (unpaired) electrons. The minimum absolute atomic E-state index is 0.703. The second-order valence-electron chi connectivity index (χ2n) is 5.15. The largest absolute Gasteiger partial charge is 0.370 e. The highest BCUT2D eigenvalue weighted by molar-refractivity contribution is 6.30. The SMILES string of the molecule is CCCNc1nc(Cc2cccc(Cl)c2)nc(CC)c1C. The molecule has 2 rings (SSSR count). The van der Waals surface area contributed by atoms with Crippen LogP contribution in [0.25, 0.3) is 0 Å². The summed E-state index contributed by atoms with van der Waals surface area (Å²) in [4.78, 5) is 9.37. The predicted octanol–water partition coefficient (Wildman–Crippen LogP) is 4.41. The Morgan fingerprint density at radius 3 is 2.67 bits per heavy atom. The summed E-state index contributed by atoms with van der Waals surface area (Å²) < 4.78 is 0. The van der Waals surface area contributed by atoms with Crippen LogP contribution >= 0.6 is 11.6 Å². The molecule has 0 aliphatic heterocycles. The van der Waals surface area contributed by atoms with Crippen LogP contribution in [0, 0.1) is 6.92 Å². The molecule has 2 aromatic rings. The molecule has 0 unspecified atom stereocenters. The summed E-state index contributed by atoms with van der Waals surface area (Å²) >= 11 is 6.04. The maximum Gasteiger partial charge on any atom is 0.135 e. The first-order valence-electron chi connectivity index (χ1n) is 7.48. The molecule has 112 valence electrons. The number of aromatic nitrogens is 2. The third-order valence-electron chi connectivity index (χ3n) is 3.42. The Balaban J connectivity index is 2.30. The molecule has 1 N–H and O–H groups in total. The Morgan fingerprint density at radius 2 is 2.00 bits per heavy atom. The van der Waals surface area contributed by atoms with E-state index in [2.05, 4.69) is 37.1 Å². The van der Waals surface area contributed by atoms with Gasteiger partial charge in [0.1, 0.15) is 11.6 Å². The highest BCUT2D eigenvalue weighted by Gasteiger charge is 2.10. The van der Waals surface area contributed by atoms with Gasteiger partial charge >= 0.3 is 0 Å². The van der Waals surface area contributed by atoms with Crippen LogP contribution in [0.4, 0.5) is 5.82 Å². The number of rotatable bonds is 6. The van der Waals surface area contributed by atoms with Crippen molar-refractivity contribution in [3.05, 3.63) is 51.9 Å². The molecule has 21 heavy (non-hydrogen) atoms. The topological polar surface area (TPSA) is 37.8 Å². The van der Waals surface area contributed by atoms with Crippen LogP contribution in [0.15, 0.2) is 24.3 Å². The lowest BCUT2D eigenvalue weighted by Crippen LogP contribution is -2.10. The van der Waals surface area contributed by atoms with Crippen LogP contribution < -0.4 is 5.32 Å². The molecule has 1 aromatic carbocycles. The maximum absolute atomic E-state index is 6.04. The van der Waals surface area contributed by atoms with Crippen LogP contribution in [0.1, 0.15) is 42.9 Å². The van der Waals surface area contributed by atoms with Crippen molar-refractivity contribution < 1.29 is 0 Å². The summed E-state index contributed by atoms with van der Waals surface area (Å²) in [6.45, 7) is 7.29. The van der Waals surface area contributed by atoms with Gasteiger partial charge in [-0.3, -0.25) is 0 Å². The number of anilines is 1. The van der Waals surface area contributed by atoms with Gasteiger partial charge in [0.25, 0.3) is 0 Å². The Kier molecular flexibility index (Phi) is 5.57. The molecular formula is C17H22ClN3. The zero-order valence-corrected chi connectivity index (χ0v) is 13.7. The van der Waals surface area contributed by atoms with Crippen LogP contribution in [0.2, 0.25) is 5.02 Å². The van der Waals surface area contributed by atoms with E-state index in [4.69, 9.17) is 16.6 Å². The predicted molar refractivity (Wildman–Crippen MR) is 89.2 cm³/mol. The number of nitrogens with zero attached hydrogens (tertiary/aromatic N) is 2. The standard InChI is InChI=1S/C17H22ClN3/c1-4-9-19-17-12(3)15(5-2)20-16(21-17)11-13-7-6-8-14(18)10-13/h6-8,10H,4-5,9,11H2,1-3H3,(H,19,20,21). The van der Waals surface area contributed by atoms with Crippen molar-refractivity contribution >= 4 is 17.4 Å². The Hall–Kier alpha value is -1.61. The molecule has 3 nitrogen and oxygen atoms in total. The van der Waals surface area contributed by atoms with Crippen LogP contribution in [-0.4, -0.2) is 16.5 Å². The molecule has 0 atom stereocenters. The van der Waals surface area contributed by atoms with E-state index >= 15 is 0 Å². The second-order valence-corrected chi connectivity index (χ2v) is 5.58. The fourth-order valence-corrected chi connectivity index (χ4v) is 2.50. The number of nitrogens with one attached hydrogen (secondary N) is 1. The summed E-state index contributed by atoms with van der Waals surface area (Å²) in [7, 11) is 0. The van der Waals surface area contributed by atoms with Gasteiger partial charge < -0.3 is 5.32 Å². The highest BCUT2D eigenvalue weighted by Crippen LogP contribution is 2.19. The summed E-state index contributed by atoms with van der Waals surface area (Å²) in [5.41, 5.74) is 3.40. The monoisotopic (exact) mass is 303 g/mol. The van der Waals surface area contributed by atoms with Crippen molar-refractivity contribution in [2.75, 3.05) is 11.9 Å². The smallest absolute Gasteiger partial charge is 0.135 e. The van der Waals surface area contributed by atoms with E-state index in [0.29, 0.717) is 6.42 Å². The molecule has 0 fully saturated rings. The second kappa shape index (κ2) is 7.41. The average Bonchev–Trinajstić information content (AvgIpc) is 2.47. The van der Waals surface area contributed by atoms with E-state index in [-0.39, 0.29) is 0 Å². The van der Waals surface area contributed by atoms with Gasteiger partial charge in [-0.05, 0) is 37.5 Å². The first kappa shape index (κ1) is 15.8. The maximum atomic E-state index is 6.04. The third kappa shape index (κ3) is 4.18. The summed E-state index contributed by atoms with van der Waals surface area (Å²) in [5, 5.41) is 4.15. The number of hydrogen-bond acceptors (Lipinski definition) is 3. The van der Waals surface area contributed by atoms with Gasteiger partial charge in [-0.1, -0.05) is 37.6 Å². The van der Waals surface area contributed by atoms with Crippen LogP contribution in [0.3, 0.4) is 0 Å². The fraction of sp³-hybridized carbons (Fsp3) is 0.412. The Bertz CT molecular complexity index is 611. The van der Waals surface area contributed by atoms with Gasteiger partial charge in [0.05, 0.1) is 0 Å². The third-order valence-corrected chi connectivity index (χ3v) is 3.66. The molecule has 0 amide bonds. The van der Waals surface area contributed by atoms with E-state index in [0.717, 1.165) is 52.9 Å². The summed E-state index contributed by atoms with van der Waals surface area (Å²) in [6, 6.07) is 7.87. The van der Waals surface area contributed by atoms with E-state index in [1.165, 1.54) is 0 Å². The first-order chi connectivity index (χ1) is 10.1. The van der Waals surface area contributed by atoms with Crippen LogP contribution in [-0.2, 0) is 12.8 Å². The van der Waals surface area contributed by atoms with Gasteiger partial charge in [-0.2, -0.15) is 0 Å². The van der Waals surface area contributed by atoms with Crippen molar-refractivity contribution in [3.63, 3.8) is 0 Å². The zero-order valence-electron chi connectivity index (χ0n) is 12.9. The van der Waals surface area contributed by atoms with Gasteiger partial charge in [0.2, 0.25) is 0 Å². The molecule has 1 heterocycles. The van der Waals surface area contributed by atoms with E-state index in [1.54, 1.807) is 0 Å². The number of aryl methyl sites for hydroxylation is 1. The van der Waals surface area contributed by atoms with Crippen molar-refractivity contribution in [2.24, 2.45) is 0 Å². The molecule has 0 aliphatic rings. The molecule has 0 saturated carbocycles. The lowest BCUT2D eigenvalue weighted by molar-refractivity contribution is 0.876. The molecule has 0 bridgehead atoms. The Labute approximate surface area is 131 Å². The lowest BCUT2D eigenvalue weighted by atomic mass is 10.1.